The molecular formula is C16H24N4O3S. The van der Waals surface area contributed by atoms with Crippen LogP contribution >= 0.6 is 11.3 Å². The maximum absolute atomic E-state index is 12.2. The highest BCUT2D eigenvalue weighted by Gasteiger charge is 2.16. The van der Waals surface area contributed by atoms with E-state index >= 15 is 0 Å². The van der Waals surface area contributed by atoms with E-state index in [-0.39, 0.29) is 5.91 Å². The number of hydrogen-bond donors (Lipinski definition) is 2. The molecule has 0 aliphatic rings. The number of rotatable bonds is 5. The molecule has 0 unspecified atom stereocenters. The first-order valence-electron chi connectivity index (χ1n) is 7.85. The number of carbonyl (C=O) groups is 2. The van der Waals surface area contributed by atoms with Crippen molar-refractivity contribution in [3.8, 4) is 0 Å². The van der Waals surface area contributed by atoms with E-state index in [0.29, 0.717) is 24.4 Å². The van der Waals surface area contributed by atoms with Crippen molar-refractivity contribution in [2.75, 3.05) is 13.1 Å². The number of amides is 2. The lowest BCUT2D eigenvalue weighted by Crippen LogP contribution is -2.34. The lowest BCUT2D eigenvalue weighted by Gasteiger charge is -2.19. The fraction of sp³-hybridized carbons (Fsp3) is 0.562. The molecule has 2 N–H and O–H groups in total. The van der Waals surface area contributed by atoms with E-state index in [1.807, 2.05) is 40.8 Å². The number of ether oxygens (including phenoxy) is 1. The van der Waals surface area contributed by atoms with Gasteiger partial charge in [0.25, 0.3) is 5.91 Å². The van der Waals surface area contributed by atoms with Crippen LogP contribution in [0, 0.1) is 6.92 Å². The number of nitrogens with zero attached hydrogens (tertiary/aromatic N) is 2. The first-order chi connectivity index (χ1) is 11.2. The molecule has 0 aliphatic heterocycles. The van der Waals surface area contributed by atoms with Crippen molar-refractivity contribution in [3.63, 3.8) is 0 Å². The summed E-state index contributed by atoms with van der Waals surface area (Å²) in [5.41, 5.74) is 0.413. The molecule has 8 heteroatoms. The van der Waals surface area contributed by atoms with Crippen LogP contribution in [0.2, 0.25) is 0 Å². The van der Waals surface area contributed by atoms with Crippen LogP contribution in [0.4, 0.5) is 4.79 Å². The van der Waals surface area contributed by atoms with Crippen LogP contribution in [0.15, 0.2) is 6.07 Å². The molecule has 7 nitrogen and oxygen atoms in total. The van der Waals surface area contributed by atoms with E-state index in [9.17, 15) is 9.59 Å². The average molecular weight is 352 g/mol. The molecule has 0 atom stereocenters. The SMILES string of the molecule is Cc1nn(C)c2sc(C(=O)NCCCNC(=O)OC(C)(C)C)cc12. The van der Waals surface area contributed by atoms with Crippen LogP contribution < -0.4 is 10.6 Å². The van der Waals surface area contributed by atoms with Crippen LogP contribution in [0.25, 0.3) is 10.2 Å². The summed E-state index contributed by atoms with van der Waals surface area (Å²) in [6.45, 7) is 8.31. The van der Waals surface area contributed by atoms with Crippen LogP contribution in [-0.4, -0.2) is 40.5 Å². The summed E-state index contributed by atoms with van der Waals surface area (Å²) in [6.07, 6.45) is 0.192. The zero-order valence-corrected chi connectivity index (χ0v) is 15.5. The number of fused-ring (bicyclic) bond motifs is 1. The van der Waals surface area contributed by atoms with Gasteiger partial charge in [0.15, 0.2) is 0 Å². The average Bonchev–Trinajstić information content (AvgIpc) is 2.99. The number of aryl methyl sites for hydroxylation is 2. The number of thiophene rings is 1. The summed E-state index contributed by atoms with van der Waals surface area (Å²) in [5.74, 6) is -0.104. The van der Waals surface area contributed by atoms with Crippen molar-refractivity contribution >= 4 is 33.6 Å². The normalized spacial score (nSPS) is 11.5. The molecule has 0 bridgehead atoms. The fourth-order valence-corrected chi connectivity index (χ4v) is 3.24. The molecule has 2 rings (SSSR count). The quantitative estimate of drug-likeness (QED) is 0.810. The topological polar surface area (TPSA) is 85.3 Å². The molecule has 0 fully saturated rings. The van der Waals surface area contributed by atoms with Gasteiger partial charge >= 0.3 is 6.09 Å². The van der Waals surface area contributed by atoms with Crippen molar-refractivity contribution in [2.45, 2.75) is 39.7 Å². The molecule has 0 saturated carbocycles. The van der Waals surface area contributed by atoms with Gasteiger partial charge in [-0.05, 0) is 40.2 Å². The molecule has 0 aromatic carbocycles. The van der Waals surface area contributed by atoms with Gasteiger partial charge in [0.1, 0.15) is 10.4 Å². The van der Waals surface area contributed by atoms with Gasteiger partial charge in [0.05, 0.1) is 10.6 Å². The minimum atomic E-state index is -0.507. The Labute approximate surface area is 145 Å². The lowest BCUT2D eigenvalue weighted by molar-refractivity contribution is 0.0527. The molecule has 0 aliphatic carbocycles. The van der Waals surface area contributed by atoms with Gasteiger partial charge < -0.3 is 15.4 Å². The summed E-state index contributed by atoms with van der Waals surface area (Å²) in [5, 5.41) is 10.9. The second kappa shape index (κ2) is 7.21. The number of hydrogen-bond acceptors (Lipinski definition) is 5. The molecular weight excluding hydrogens is 328 g/mol. The monoisotopic (exact) mass is 352 g/mol. The summed E-state index contributed by atoms with van der Waals surface area (Å²) < 4.78 is 6.93. The van der Waals surface area contributed by atoms with E-state index in [2.05, 4.69) is 15.7 Å². The third-order valence-electron chi connectivity index (χ3n) is 3.23. The zero-order valence-electron chi connectivity index (χ0n) is 14.7. The Morgan fingerprint density at radius 1 is 1.29 bits per heavy atom. The van der Waals surface area contributed by atoms with Crippen molar-refractivity contribution < 1.29 is 14.3 Å². The van der Waals surface area contributed by atoms with E-state index in [1.54, 1.807) is 4.68 Å². The molecule has 2 heterocycles. The first-order valence-corrected chi connectivity index (χ1v) is 8.67. The lowest BCUT2D eigenvalue weighted by atomic mass is 10.2. The smallest absolute Gasteiger partial charge is 0.407 e. The molecule has 132 valence electrons. The Morgan fingerprint density at radius 2 is 1.96 bits per heavy atom. The highest BCUT2D eigenvalue weighted by atomic mass is 32.1. The van der Waals surface area contributed by atoms with Crippen molar-refractivity contribution in [3.05, 3.63) is 16.6 Å². The second-order valence-electron chi connectivity index (χ2n) is 6.58. The Kier molecular flexibility index (Phi) is 5.48. The van der Waals surface area contributed by atoms with Gasteiger partial charge in [-0.15, -0.1) is 11.3 Å². The summed E-state index contributed by atoms with van der Waals surface area (Å²) in [4.78, 5) is 25.3. The van der Waals surface area contributed by atoms with Gasteiger partial charge in [-0.3, -0.25) is 9.48 Å². The standard InChI is InChI=1S/C16H24N4O3S/c1-10-11-9-12(24-14(11)20(5)19-10)13(21)17-7-6-8-18-15(22)23-16(2,3)4/h9H,6-8H2,1-5H3,(H,17,21)(H,18,22). The second-order valence-corrected chi connectivity index (χ2v) is 7.61. The summed E-state index contributed by atoms with van der Waals surface area (Å²) in [7, 11) is 1.87. The molecule has 2 amide bonds. The highest BCUT2D eigenvalue weighted by Crippen LogP contribution is 2.27. The van der Waals surface area contributed by atoms with E-state index in [0.717, 1.165) is 15.9 Å². The minimum Gasteiger partial charge on any atom is -0.444 e. The number of carbonyl (C=O) groups excluding carboxylic acids is 2. The predicted octanol–water partition coefficient (Wildman–Crippen LogP) is 2.59. The number of aromatic nitrogens is 2. The van der Waals surface area contributed by atoms with Crippen LogP contribution in [0.3, 0.4) is 0 Å². The zero-order chi connectivity index (χ0) is 17.9. The Hall–Kier alpha value is -2.09. The molecule has 2 aromatic heterocycles. The Bertz CT molecular complexity index is 708. The molecule has 0 radical (unpaired) electrons. The fourth-order valence-electron chi connectivity index (χ4n) is 2.20. The van der Waals surface area contributed by atoms with Crippen molar-refractivity contribution in [1.29, 1.82) is 0 Å². The van der Waals surface area contributed by atoms with Crippen molar-refractivity contribution in [1.82, 2.24) is 20.4 Å². The van der Waals surface area contributed by atoms with Crippen LogP contribution in [-0.2, 0) is 11.8 Å². The van der Waals surface area contributed by atoms with Crippen molar-refractivity contribution in [2.24, 2.45) is 7.05 Å². The van der Waals surface area contributed by atoms with Crippen LogP contribution in [0.1, 0.15) is 42.6 Å². The molecule has 0 spiro atoms. The highest BCUT2D eigenvalue weighted by molar-refractivity contribution is 7.20. The Morgan fingerprint density at radius 3 is 2.58 bits per heavy atom. The minimum absolute atomic E-state index is 0.104. The number of alkyl carbamates (subject to hydrolysis) is 1. The summed E-state index contributed by atoms with van der Waals surface area (Å²) >= 11 is 1.43. The van der Waals surface area contributed by atoms with E-state index in [1.165, 1.54) is 11.3 Å². The maximum atomic E-state index is 12.2. The van der Waals surface area contributed by atoms with Gasteiger partial charge in [-0.2, -0.15) is 5.10 Å². The maximum Gasteiger partial charge on any atom is 0.407 e. The first kappa shape index (κ1) is 18.3. The van der Waals surface area contributed by atoms with E-state index in [4.69, 9.17) is 4.74 Å². The van der Waals surface area contributed by atoms with Crippen LogP contribution in [0.5, 0.6) is 0 Å². The van der Waals surface area contributed by atoms with Gasteiger partial charge in [0.2, 0.25) is 0 Å². The predicted molar refractivity (Wildman–Crippen MR) is 94.5 cm³/mol. The molecule has 2 aromatic rings. The van der Waals surface area contributed by atoms with Gasteiger partial charge in [0, 0.05) is 25.5 Å². The largest absolute Gasteiger partial charge is 0.444 e. The third kappa shape index (κ3) is 4.70. The molecule has 24 heavy (non-hydrogen) atoms. The summed E-state index contributed by atoms with van der Waals surface area (Å²) in [6, 6.07) is 1.87. The van der Waals surface area contributed by atoms with Gasteiger partial charge in [-0.25, -0.2) is 4.79 Å². The Balaban J connectivity index is 1.75. The van der Waals surface area contributed by atoms with Gasteiger partial charge in [-0.1, -0.05) is 0 Å². The number of nitrogens with one attached hydrogen (secondary N) is 2. The third-order valence-corrected chi connectivity index (χ3v) is 4.43. The molecule has 0 saturated heterocycles. The van der Waals surface area contributed by atoms with E-state index < -0.39 is 11.7 Å².